The number of rotatable bonds is 4. The molecule has 2 rings (SSSR count). The van der Waals surface area contributed by atoms with Crippen LogP contribution in [0.4, 0.5) is 0 Å². The van der Waals surface area contributed by atoms with Gasteiger partial charge in [-0.05, 0) is 29.3 Å². The highest BCUT2D eigenvalue weighted by Crippen LogP contribution is 2.25. The van der Waals surface area contributed by atoms with E-state index < -0.39 is 0 Å². The van der Waals surface area contributed by atoms with Crippen LogP contribution in [-0.4, -0.2) is 10.2 Å². The van der Waals surface area contributed by atoms with Crippen LogP contribution < -0.4 is 0 Å². The largest absolute Gasteiger partial charge is 0.508 e. The molecule has 0 atom stereocenters. The lowest BCUT2D eigenvalue weighted by atomic mass is 10.2. The molecule has 0 aliphatic heterocycles. The first kappa shape index (κ1) is 12.0. The molecule has 0 aromatic heterocycles. The number of phenolic OH excluding ortho intramolecular Hbond substituents is 1. The molecular weight excluding hydrogens is 232 g/mol. The van der Waals surface area contributed by atoms with Gasteiger partial charge in [0.15, 0.2) is 0 Å². The quantitative estimate of drug-likeness (QED) is 0.814. The molecule has 0 spiro atoms. The van der Waals surface area contributed by atoms with Crippen molar-refractivity contribution < 1.29 is 10.2 Å². The Kier molecular flexibility index (Phi) is 4.07. The van der Waals surface area contributed by atoms with Crippen LogP contribution >= 0.6 is 11.8 Å². The lowest BCUT2D eigenvalue weighted by molar-refractivity contribution is 0.282. The van der Waals surface area contributed by atoms with Crippen LogP contribution in [0.2, 0.25) is 0 Å². The summed E-state index contributed by atoms with van der Waals surface area (Å²) in [6, 6.07) is 15.1. The third kappa shape index (κ3) is 3.51. The lowest BCUT2D eigenvalue weighted by Gasteiger charge is -2.03. The Balaban J connectivity index is 1.97. The van der Waals surface area contributed by atoms with Crippen molar-refractivity contribution in [2.75, 3.05) is 0 Å². The van der Waals surface area contributed by atoms with Crippen LogP contribution in [0.5, 0.6) is 5.75 Å². The first-order valence-electron chi connectivity index (χ1n) is 5.38. The van der Waals surface area contributed by atoms with E-state index in [4.69, 9.17) is 5.11 Å². The van der Waals surface area contributed by atoms with Crippen LogP contribution in [0.1, 0.15) is 11.1 Å². The van der Waals surface area contributed by atoms with Gasteiger partial charge in [0.2, 0.25) is 0 Å². The molecule has 0 unspecified atom stereocenters. The van der Waals surface area contributed by atoms with E-state index in [-0.39, 0.29) is 6.61 Å². The van der Waals surface area contributed by atoms with Gasteiger partial charge in [-0.15, -0.1) is 11.8 Å². The highest BCUT2D eigenvalue weighted by molar-refractivity contribution is 7.98. The minimum Gasteiger partial charge on any atom is -0.508 e. The summed E-state index contributed by atoms with van der Waals surface area (Å²) in [6.07, 6.45) is 0. The third-order valence-electron chi connectivity index (χ3n) is 2.43. The summed E-state index contributed by atoms with van der Waals surface area (Å²) in [5, 5.41) is 18.3. The Morgan fingerprint density at radius 1 is 0.941 bits per heavy atom. The molecule has 0 saturated carbocycles. The summed E-state index contributed by atoms with van der Waals surface area (Å²) in [7, 11) is 0. The predicted octanol–water partition coefficient (Wildman–Crippen LogP) is 3.18. The fourth-order valence-electron chi connectivity index (χ4n) is 1.48. The van der Waals surface area contributed by atoms with Crippen molar-refractivity contribution >= 4 is 11.8 Å². The molecule has 3 heteroatoms. The molecule has 0 bridgehead atoms. The van der Waals surface area contributed by atoms with Gasteiger partial charge in [-0.2, -0.15) is 0 Å². The molecule has 0 heterocycles. The van der Waals surface area contributed by atoms with E-state index in [0.29, 0.717) is 5.75 Å². The molecule has 2 aromatic carbocycles. The van der Waals surface area contributed by atoms with Gasteiger partial charge in [0.05, 0.1) is 6.61 Å². The topological polar surface area (TPSA) is 40.5 Å². The first-order chi connectivity index (χ1) is 8.28. The Morgan fingerprint density at radius 3 is 2.29 bits per heavy atom. The number of thioether (sulfide) groups is 1. The van der Waals surface area contributed by atoms with Gasteiger partial charge >= 0.3 is 0 Å². The van der Waals surface area contributed by atoms with Gasteiger partial charge in [0, 0.05) is 10.6 Å². The summed E-state index contributed by atoms with van der Waals surface area (Å²) in [4.78, 5) is 1.05. The monoisotopic (exact) mass is 246 g/mol. The average Bonchev–Trinajstić information content (AvgIpc) is 2.37. The summed E-state index contributed by atoms with van der Waals surface area (Å²) in [5.74, 6) is 1.15. The third-order valence-corrected chi connectivity index (χ3v) is 3.49. The summed E-state index contributed by atoms with van der Waals surface area (Å²) >= 11 is 1.68. The molecule has 2 aromatic rings. The van der Waals surface area contributed by atoms with E-state index in [9.17, 15) is 5.11 Å². The Hall–Kier alpha value is -1.45. The van der Waals surface area contributed by atoms with Crippen LogP contribution in [0, 0.1) is 0 Å². The van der Waals surface area contributed by atoms with Crippen molar-refractivity contribution in [1.29, 1.82) is 0 Å². The minimum absolute atomic E-state index is 0.0833. The zero-order valence-electron chi connectivity index (χ0n) is 9.34. The molecule has 88 valence electrons. The standard InChI is InChI=1S/C14H14O2S/c15-9-11-4-6-12(7-5-11)10-17-14-3-1-2-13(16)8-14/h1-8,15-16H,9-10H2. The molecule has 0 radical (unpaired) electrons. The second-order valence-corrected chi connectivity index (χ2v) is 4.81. The van der Waals surface area contributed by atoms with Crippen molar-refractivity contribution in [2.45, 2.75) is 17.3 Å². The number of benzene rings is 2. The second-order valence-electron chi connectivity index (χ2n) is 3.76. The van der Waals surface area contributed by atoms with Crippen molar-refractivity contribution in [2.24, 2.45) is 0 Å². The van der Waals surface area contributed by atoms with E-state index in [0.717, 1.165) is 16.2 Å². The van der Waals surface area contributed by atoms with E-state index in [1.165, 1.54) is 5.56 Å². The van der Waals surface area contributed by atoms with Gasteiger partial charge in [-0.25, -0.2) is 0 Å². The van der Waals surface area contributed by atoms with Gasteiger partial charge < -0.3 is 10.2 Å². The Bertz CT molecular complexity index is 480. The number of phenols is 1. The molecular formula is C14H14O2S. The molecule has 17 heavy (non-hydrogen) atoms. The molecule has 2 N–H and O–H groups in total. The normalized spacial score (nSPS) is 10.4. The molecule has 0 fully saturated rings. The summed E-state index contributed by atoms with van der Waals surface area (Å²) < 4.78 is 0. The first-order valence-corrected chi connectivity index (χ1v) is 6.37. The minimum atomic E-state index is 0.0833. The number of hydrogen-bond donors (Lipinski definition) is 2. The van der Waals surface area contributed by atoms with Crippen molar-refractivity contribution in [3.63, 3.8) is 0 Å². The SMILES string of the molecule is OCc1ccc(CSc2cccc(O)c2)cc1. The van der Waals surface area contributed by atoms with Crippen LogP contribution in [0.3, 0.4) is 0 Å². The average molecular weight is 246 g/mol. The lowest BCUT2D eigenvalue weighted by Crippen LogP contribution is -1.85. The smallest absolute Gasteiger partial charge is 0.116 e. The van der Waals surface area contributed by atoms with Crippen LogP contribution in [0.15, 0.2) is 53.4 Å². The maximum absolute atomic E-state index is 9.34. The zero-order chi connectivity index (χ0) is 12.1. The van der Waals surface area contributed by atoms with Crippen LogP contribution in [-0.2, 0) is 12.4 Å². The van der Waals surface area contributed by atoms with Gasteiger partial charge in [-0.1, -0.05) is 30.3 Å². The van der Waals surface area contributed by atoms with Crippen molar-refractivity contribution in [3.05, 3.63) is 59.7 Å². The second kappa shape index (κ2) is 5.75. The molecule has 0 saturated heterocycles. The van der Waals surface area contributed by atoms with Gasteiger partial charge in [0.1, 0.15) is 5.75 Å². The maximum Gasteiger partial charge on any atom is 0.116 e. The molecule has 0 aliphatic carbocycles. The highest BCUT2D eigenvalue weighted by atomic mass is 32.2. The molecule has 0 amide bonds. The van der Waals surface area contributed by atoms with Gasteiger partial charge in [0.25, 0.3) is 0 Å². The number of aromatic hydroxyl groups is 1. The molecule has 0 aliphatic rings. The summed E-state index contributed by atoms with van der Waals surface area (Å²) in [6.45, 7) is 0.0833. The Labute approximate surface area is 105 Å². The Morgan fingerprint density at radius 2 is 1.65 bits per heavy atom. The number of hydrogen-bond acceptors (Lipinski definition) is 3. The van der Waals surface area contributed by atoms with E-state index in [1.807, 2.05) is 36.4 Å². The number of aliphatic hydroxyl groups excluding tert-OH is 1. The van der Waals surface area contributed by atoms with E-state index in [1.54, 1.807) is 23.9 Å². The highest BCUT2D eigenvalue weighted by Gasteiger charge is 1.98. The maximum atomic E-state index is 9.34. The number of aliphatic hydroxyl groups is 1. The van der Waals surface area contributed by atoms with E-state index >= 15 is 0 Å². The fourth-order valence-corrected chi connectivity index (χ4v) is 2.39. The van der Waals surface area contributed by atoms with Crippen LogP contribution in [0.25, 0.3) is 0 Å². The molecule has 2 nitrogen and oxygen atoms in total. The fraction of sp³-hybridized carbons (Fsp3) is 0.143. The van der Waals surface area contributed by atoms with Gasteiger partial charge in [-0.3, -0.25) is 0 Å². The van der Waals surface area contributed by atoms with Crippen molar-refractivity contribution in [3.8, 4) is 5.75 Å². The predicted molar refractivity (Wildman–Crippen MR) is 70.0 cm³/mol. The van der Waals surface area contributed by atoms with Crippen molar-refractivity contribution in [1.82, 2.24) is 0 Å². The zero-order valence-corrected chi connectivity index (χ0v) is 10.2. The van der Waals surface area contributed by atoms with E-state index in [2.05, 4.69) is 0 Å². The summed E-state index contributed by atoms with van der Waals surface area (Å²) in [5.41, 5.74) is 2.13.